The van der Waals surface area contributed by atoms with Crippen molar-refractivity contribution in [3.63, 3.8) is 0 Å². The molecule has 0 bridgehead atoms. The highest BCUT2D eigenvalue weighted by Gasteiger charge is 2.15. The summed E-state index contributed by atoms with van der Waals surface area (Å²) in [4.78, 5) is 14.6. The monoisotopic (exact) mass is 382 g/mol. The van der Waals surface area contributed by atoms with Crippen molar-refractivity contribution < 1.29 is 4.79 Å². The van der Waals surface area contributed by atoms with Crippen LogP contribution in [0.5, 0.6) is 0 Å². The largest absolute Gasteiger partial charge is 0.354 e. The Morgan fingerprint density at radius 1 is 0.962 bits per heavy atom. The van der Waals surface area contributed by atoms with Gasteiger partial charge >= 0.3 is 0 Å². The molecule has 1 amide bonds. The Bertz CT molecular complexity index is 776. The fourth-order valence-corrected chi connectivity index (χ4v) is 4.23. The Morgan fingerprint density at radius 2 is 1.69 bits per heavy atom. The molecule has 1 atom stereocenters. The molecule has 3 rings (SSSR count). The fraction of sp³-hybridized carbons (Fsp3) is 0.190. The lowest BCUT2D eigenvalue weighted by molar-refractivity contribution is -0.120. The molecule has 0 aliphatic heterocycles. The molecule has 0 aliphatic carbocycles. The summed E-state index contributed by atoms with van der Waals surface area (Å²) in [5.74, 6) is 0.888. The second-order valence-corrected chi connectivity index (χ2v) is 7.90. The first-order chi connectivity index (χ1) is 12.8. The minimum absolute atomic E-state index is 0.0242. The summed E-state index contributed by atoms with van der Waals surface area (Å²) in [6.07, 6.45) is 0. The van der Waals surface area contributed by atoms with Gasteiger partial charge in [0.1, 0.15) is 0 Å². The van der Waals surface area contributed by atoms with Gasteiger partial charge < -0.3 is 5.32 Å². The minimum Gasteiger partial charge on any atom is -0.354 e. The number of hydrogen-bond acceptors (Lipinski definition) is 4. The molecule has 3 nitrogen and oxygen atoms in total. The van der Waals surface area contributed by atoms with Crippen molar-refractivity contribution in [3.05, 3.63) is 88.6 Å². The standard InChI is InChI=1S/C21H22N2OS2/c24-20(22-13-15-25-18-10-5-2-6-11-18)16-23-21(19-12-7-14-26-19)17-8-3-1-4-9-17/h1-12,14,21,23H,13,15-16H2,(H,22,24)/t21-/m0/s1. The zero-order valence-electron chi connectivity index (χ0n) is 14.4. The fourth-order valence-electron chi connectivity index (χ4n) is 2.62. The van der Waals surface area contributed by atoms with Crippen LogP contribution in [0.4, 0.5) is 0 Å². The minimum atomic E-state index is 0.0242. The number of benzene rings is 2. The van der Waals surface area contributed by atoms with E-state index in [0.717, 1.165) is 5.75 Å². The highest BCUT2D eigenvalue weighted by atomic mass is 32.2. The van der Waals surface area contributed by atoms with Gasteiger partial charge in [-0.25, -0.2) is 0 Å². The molecule has 1 aromatic heterocycles. The Morgan fingerprint density at radius 3 is 2.38 bits per heavy atom. The van der Waals surface area contributed by atoms with Gasteiger partial charge in [-0.2, -0.15) is 0 Å². The van der Waals surface area contributed by atoms with Crippen LogP contribution in [0, 0.1) is 0 Å². The second-order valence-electron chi connectivity index (χ2n) is 5.75. The smallest absolute Gasteiger partial charge is 0.234 e. The van der Waals surface area contributed by atoms with E-state index in [1.807, 2.05) is 42.5 Å². The van der Waals surface area contributed by atoms with Crippen molar-refractivity contribution in [2.45, 2.75) is 10.9 Å². The van der Waals surface area contributed by atoms with Gasteiger partial charge in [0.05, 0.1) is 12.6 Å². The van der Waals surface area contributed by atoms with Gasteiger partial charge in [0.15, 0.2) is 0 Å². The molecule has 0 spiro atoms. The van der Waals surface area contributed by atoms with Gasteiger partial charge in [-0.1, -0.05) is 54.6 Å². The third-order valence-corrected chi connectivity index (χ3v) is 5.81. The van der Waals surface area contributed by atoms with Crippen LogP contribution < -0.4 is 10.6 Å². The van der Waals surface area contributed by atoms with Crippen LogP contribution in [0.2, 0.25) is 0 Å². The molecule has 5 heteroatoms. The third-order valence-electron chi connectivity index (χ3n) is 3.86. The van der Waals surface area contributed by atoms with Crippen molar-refractivity contribution >= 4 is 29.0 Å². The van der Waals surface area contributed by atoms with Crippen LogP contribution in [0.3, 0.4) is 0 Å². The van der Waals surface area contributed by atoms with E-state index in [4.69, 9.17) is 0 Å². The van der Waals surface area contributed by atoms with E-state index >= 15 is 0 Å². The van der Waals surface area contributed by atoms with Crippen LogP contribution in [0.15, 0.2) is 83.1 Å². The van der Waals surface area contributed by atoms with E-state index in [9.17, 15) is 4.79 Å². The van der Waals surface area contributed by atoms with Crippen molar-refractivity contribution in [3.8, 4) is 0 Å². The van der Waals surface area contributed by atoms with Crippen LogP contribution in [-0.4, -0.2) is 24.7 Å². The first kappa shape index (κ1) is 18.7. The number of carbonyl (C=O) groups excluding carboxylic acids is 1. The summed E-state index contributed by atoms with van der Waals surface area (Å²) < 4.78 is 0. The molecule has 0 radical (unpaired) electrons. The maximum absolute atomic E-state index is 12.2. The third kappa shape index (κ3) is 5.73. The predicted molar refractivity (Wildman–Crippen MR) is 111 cm³/mol. The van der Waals surface area contributed by atoms with Gasteiger partial charge in [0.2, 0.25) is 5.91 Å². The molecule has 0 saturated heterocycles. The zero-order chi connectivity index (χ0) is 18.0. The number of thioether (sulfide) groups is 1. The van der Waals surface area contributed by atoms with Gasteiger partial charge in [0.25, 0.3) is 0 Å². The van der Waals surface area contributed by atoms with Crippen LogP contribution in [0.25, 0.3) is 0 Å². The Kier molecular flexibility index (Phi) is 7.31. The first-order valence-corrected chi connectivity index (χ1v) is 10.5. The average Bonchev–Trinajstić information content (AvgIpc) is 3.22. The summed E-state index contributed by atoms with van der Waals surface area (Å²) in [6.45, 7) is 0.961. The summed E-state index contributed by atoms with van der Waals surface area (Å²) in [7, 11) is 0. The van der Waals surface area contributed by atoms with Gasteiger partial charge in [-0.3, -0.25) is 10.1 Å². The summed E-state index contributed by atoms with van der Waals surface area (Å²) in [5, 5.41) is 8.44. The molecule has 26 heavy (non-hydrogen) atoms. The van der Waals surface area contributed by atoms with Crippen molar-refractivity contribution in [2.24, 2.45) is 0 Å². The number of hydrogen-bond donors (Lipinski definition) is 2. The van der Waals surface area contributed by atoms with E-state index < -0.39 is 0 Å². The molecule has 2 N–H and O–H groups in total. The highest BCUT2D eigenvalue weighted by molar-refractivity contribution is 7.99. The first-order valence-electron chi connectivity index (χ1n) is 8.59. The number of amides is 1. The molecule has 0 saturated carbocycles. The topological polar surface area (TPSA) is 41.1 Å². The molecule has 0 aliphatic rings. The zero-order valence-corrected chi connectivity index (χ0v) is 16.1. The predicted octanol–water partition coefficient (Wildman–Crippen LogP) is 4.34. The number of carbonyl (C=O) groups is 1. The lowest BCUT2D eigenvalue weighted by Crippen LogP contribution is -2.36. The highest BCUT2D eigenvalue weighted by Crippen LogP contribution is 2.25. The van der Waals surface area contributed by atoms with Gasteiger partial charge in [-0.15, -0.1) is 23.1 Å². The molecule has 0 unspecified atom stereocenters. The molecule has 2 aromatic carbocycles. The summed E-state index contributed by atoms with van der Waals surface area (Å²) in [6, 6.07) is 24.6. The van der Waals surface area contributed by atoms with Crippen molar-refractivity contribution in [1.29, 1.82) is 0 Å². The Hall–Kier alpha value is -2.08. The molecular weight excluding hydrogens is 360 g/mol. The molecule has 3 aromatic rings. The van der Waals surface area contributed by atoms with Crippen molar-refractivity contribution in [2.75, 3.05) is 18.8 Å². The molecule has 0 fully saturated rings. The van der Waals surface area contributed by atoms with E-state index in [0.29, 0.717) is 13.1 Å². The number of rotatable bonds is 9. The SMILES string of the molecule is O=C(CN[C@@H](c1ccccc1)c1cccs1)NCCSc1ccccc1. The maximum atomic E-state index is 12.2. The van der Waals surface area contributed by atoms with Crippen molar-refractivity contribution in [1.82, 2.24) is 10.6 Å². The van der Waals surface area contributed by atoms with Crippen LogP contribution in [0.1, 0.15) is 16.5 Å². The quantitative estimate of drug-likeness (QED) is 0.427. The van der Waals surface area contributed by atoms with E-state index in [1.165, 1.54) is 15.3 Å². The van der Waals surface area contributed by atoms with E-state index in [-0.39, 0.29) is 11.9 Å². The molecule has 1 heterocycles. The average molecular weight is 383 g/mol. The summed E-state index contributed by atoms with van der Waals surface area (Å²) in [5.41, 5.74) is 1.17. The normalized spacial score (nSPS) is 11.8. The Labute approximate surface area is 162 Å². The van der Waals surface area contributed by atoms with Crippen LogP contribution >= 0.6 is 23.1 Å². The molecular formula is C21H22N2OS2. The summed E-state index contributed by atoms with van der Waals surface area (Å²) >= 11 is 3.45. The van der Waals surface area contributed by atoms with E-state index in [1.54, 1.807) is 23.1 Å². The second kappa shape index (κ2) is 10.2. The maximum Gasteiger partial charge on any atom is 0.234 e. The van der Waals surface area contributed by atoms with Crippen LogP contribution in [-0.2, 0) is 4.79 Å². The van der Waals surface area contributed by atoms with Gasteiger partial charge in [0, 0.05) is 22.1 Å². The Balaban J connectivity index is 1.46. The molecule has 134 valence electrons. The van der Waals surface area contributed by atoms with Gasteiger partial charge in [-0.05, 0) is 29.1 Å². The lowest BCUT2D eigenvalue weighted by Gasteiger charge is -2.18. The lowest BCUT2D eigenvalue weighted by atomic mass is 10.1. The van der Waals surface area contributed by atoms with E-state index in [2.05, 4.69) is 46.3 Å². The number of thiophene rings is 1. The number of nitrogens with one attached hydrogen (secondary N) is 2.